The van der Waals surface area contributed by atoms with Gasteiger partial charge in [-0.3, -0.25) is 9.48 Å². The van der Waals surface area contributed by atoms with Crippen molar-refractivity contribution in [2.24, 2.45) is 5.92 Å². The average Bonchev–Trinajstić information content (AvgIpc) is 3.11. The molecule has 1 aliphatic carbocycles. The molecule has 0 spiro atoms. The van der Waals surface area contributed by atoms with Crippen LogP contribution in [0.25, 0.3) is 0 Å². The Hall–Kier alpha value is -1.36. The fourth-order valence-electron chi connectivity index (χ4n) is 4.12. The third kappa shape index (κ3) is 4.18. The molecule has 1 aliphatic heterocycles. The predicted octanol–water partition coefficient (Wildman–Crippen LogP) is 2.87. The highest BCUT2D eigenvalue weighted by atomic mass is 16.2. The van der Waals surface area contributed by atoms with Gasteiger partial charge >= 0.3 is 0 Å². The summed E-state index contributed by atoms with van der Waals surface area (Å²) in [5.74, 6) is 1.06. The molecule has 3 rings (SSSR count). The van der Waals surface area contributed by atoms with Crippen LogP contribution < -0.4 is 5.32 Å². The van der Waals surface area contributed by atoms with Gasteiger partial charge in [0.25, 0.3) is 0 Å². The second-order valence-electron chi connectivity index (χ2n) is 7.56. The van der Waals surface area contributed by atoms with Crippen molar-refractivity contribution in [2.75, 3.05) is 13.1 Å². The Kier molecular flexibility index (Phi) is 5.93. The molecule has 2 aliphatic rings. The van der Waals surface area contributed by atoms with Crippen LogP contribution in [-0.2, 0) is 17.9 Å². The van der Waals surface area contributed by atoms with E-state index in [0.29, 0.717) is 12.3 Å². The number of carbonyl (C=O) groups is 1. The minimum Gasteiger partial charge on any atom is -0.341 e. The third-order valence-corrected chi connectivity index (χ3v) is 5.64. The van der Waals surface area contributed by atoms with Gasteiger partial charge in [-0.05, 0) is 32.1 Å². The highest BCUT2D eigenvalue weighted by Crippen LogP contribution is 2.26. The molecule has 1 atom stereocenters. The van der Waals surface area contributed by atoms with Gasteiger partial charge in [0.2, 0.25) is 5.91 Å². The molecule has 1 aromatic heterocycles. The van der Waals surface area contributed by atoms with E-state index in [9.17, 15) is 4.79 Å². The van der Waals surface area contributed by atoms with Gasteiger partial charge in [-0.15, -0.1) is 0 Å². The van der Waals surface area contributed by atoms with Crippen molar-refractivity contribution < 1.29 is 4.79 Å². The van der Waals surface area contributed by atoms with Crippen molar-refractivity contribution in [1.29, 1.82) is 0 Å². The van der Waals surface area contributed by atoms with E-state index in [0.717, 1.165) is 38.5 Å². The van der Waals surface area contributed by atoms with Crippen LogP contribution in [0.3, 0.4) is 0 Å². The lowest BCUT2D eigenvalue weighted by molar-refractivity contribution is -0.128. The number of carbonyl (C=O) groups excluding carboxylic acids is 1. The first-order chi connectivity index (χ1) is 11.7. The highest BCUT2D eigenvalue weighted by Gasteiger charge is 2.31. The molecule has 134 valence electrons. The minimum absolute atomic E-state index is 0.287. The molecular weight excluding hydrogens is 300 g/mol. The van der Waals surface area contributed by atoms with E-state index in [1.54, 1.807) is 0 Å². The van der Waals surface area contributed by atoms with Crippen molar-refractivity contribution in [3.63, 3.8) is 0 Å². The second-order valence-corrected chi connectivity index (χ2v) is 7.56. The van der Waals surface area contributed by atoms with Crippen LogP contribution in [-0.4, -0.2) is 39.7 Å². The van der Waals surface area contributed by atoms with Crippen LogP contribution in [0, 0.1) is 12.8 Å². The maximum atomic E-state index is 12.3. The second kappa shape index (κ2) is 8.15. The lowest BCUT2D eigenvalue weighted by Crippen LogP contribution is -2.35. The molecule has 1 amide bonds. The normalized spacial score (nSPS) is 22.5. The first kappa shape index (κ1) is 17.5. The van der Waals surface area contributed by atoms with Crippen LogP contribution in [0.4, 0.5) is 0 Å². The molecule has 5 heteroatoms. The van der Waals surface area contributed by atoms with Gasteiger partial charge in [-0.25, -0.2) is 0 Å². The number of aryl methyl sites for hydroxylation is 1. The molecule has 1 saturated carbocycles. The summed E-state index contributed by atoms with van der Waals surface area (Å²) in [4.78, 5) is 14.4. The number of amides is 1. The highest BCUT2D eigenvalue weighted by molar-refractivity contribution is 5.79. The number of hydrogen-bond acceptors (Lipinski definition) is 3. The first-order valence-corrected chi connectivity index (χ1v) is 9.69. The van der Waals surface area contributed by atoms with Gasteiger partial charge in [-0.1, -0.05) is 26.2 Å². The number of nitrogens with one attached hydrogen (secondary N) is 1. The summed E-state index contributed by atoms with van der Waals surface area (Å²) in [7, 11) is 0. The summed E-state index contributed by atoms with van der Waals surface area (Å²) in [5.41, 5.74) is 2.49. The molecule has 0 unspecified atom stereocenters. The monoisotopic (exact) mass is 332 g/mol. The number of nitrogens with zero attached hydrogens (tertiary/aromatic N) is 3. The van der Waals surface area contributed by atoms with Crippen LogP contribution in [0.15, 0.2) is 6.20 Å². The quantitative estimate of drug-likeness (QED) is 0.835. The summed E-state index contributed by atoms with van der Waals surface area (Å²) in [6.07, 6.45) is 10.4. The Labute approximate surface area is 145 Å². The molecule has 1 saturated heterocycles. The van der Waals surface area contributed by atoms with Crippen molar-refractivity contribution in [1.82, 2.24) is 20.0 Å². The van der Waals surface area contributed by atoms with Gasteiger partial charge in [0, 0.05) is 49.9 Å². The number of hydrogen-bond donors (Lipinski definition) is 1. The maximum Gasteiger partial charge on any atom is 0.224 e. The van der Waals surface area contributed by atoms with Crippen molar-refractivity contribution in [2.45, 2.75) is 77.9 Å². The molecule has 5 nitrogen and oxygen atoms in total. The lowest BCUT2D eigenvalue weighted by Gasteiger charge is -2.27. The summed E-state index contributed by atoms with van der Waals surface area (Å²) in [6, 6.07) is 0.287. The fraction of sp³-hybridized carbons (Fsp3) is 0.789. The number of likely N-dealkylation sites (tertiary alicyclic amines) is 1. The van der Waals surface area contributed by atoms with Crippen LogP contribution >= 0.6 is 0 Å². The standard InChI is InChI=1S/C19H32N4O/c1-3-9-23-15(2)17(12-21-23)11-20-18-10-19(24)22(14-18)13-16-7-5-4-6-8-16/h12,16,18,20H,3-11,13-14H2,1-2H3/t18-/m0/s1. The van der Waals surface area contributed by atoms with Crippen LogP contribution in [0.2, 0.25) is 0 Å². The Morgan fingerprint density at radius 3 is 2.83 bits per heavy atom. The largest absolute Gasteiger partial charge is 0.341 e. The molecule has 2 heterocycles. The fourth-order valence-corrected chi connectivity index (χ4v) is 4.12. The topological polar surface area (TPSA) is 50.2 Å². The van der Waals surface area contributed by atoms with Gasteiger partial charge in [-0.2, -0.15) is 5.10 Å². The predicted molar refractivity (Wildman–Crippen MR) is 95.7 cm³/mol. The van der Waals surface area contributed by atoms with E-state index in [1.807, 2.05) is 6.20 Å². The molecule has 0 radical (unpaired) electrons. The van der Waals surface area contributed by atoms with E-state index < -0.39 is 0 Å². The number of aromatic nitrogens is 2. The minimum atomic E-state index is 0.287. The number of rotatable bonds is 7. The zero-order valence-corrected chi connectivity index (χ0v) is 15.3. The maximum absolute atomic E-state index is 12.3. The van der Waals surface area contributed by atoms with E-state index in [-0.39, 0.29) is 6.04 Å². The van der Waals surface area contributed by atoms with E-state index in [2.05, 4.69) is 33.8 Å². The molecule has 24 heavy (non-hydrogen) atoms. The summed E-state index contributed by atoms with van der Waals surface area (Å²) in [6.45, 7) is 7.94. The van der Waals surface area contributed by atoms with Gasteiger partial charge < -0.3 is 10.2 Å². The zero-order valence-electron chi connectivity index (χ0n) is 15.3. The van der Waals surface area contributed by atoms with E-state index in [4.69, 9.17) is 0 Å². The van der Waals surface area contributed by atoms with Crippen molar-refractivity contribution in [3.05, 3.63) is 17.5 Å². The molecule has 0 bridgehead atoms. The molecule has 2 fully saturated rings. The smallest absolute Gasteiger partial charge is 0.224 e. The summed E-state index contributed by atoms with van der Waals surface area (Å²) < 4.78 is 2.08. The van der Waals surface area contributed by atoms with Crippen molar-refractivity contribution in [3.8, 4) is 0 Å². The molecule has 0 aromatic carbocycles. The SMILES string of the molecule is CCCn1ncc(CN[C@H]2CC(=O)N(CC3CCCCC3)C2)c1C. The lowest BCUT2D eigenvalue weighted by atomic mass is 9.89. The van der Waals surface area contributed by atoms with E-state index in [1.165, 1.54) is 43.4 Å². The van der Waals surface area contributed by atoms with Gasteiger partial charge in [0.05, 0.1) is 6.20 Å². The summed E-state index contributed by atoms with van der Waals surface area (Å²) in [5, 5.41) is 8.03. The Morgan fingerprint density at radius 1 is 1.29 bits per heavy atom. The van der Waals surface area contributed by atoms with Gasteiger partial charge in [0.15, 0.2) is 0 Å². The zero-order chi connectivity index (χ0) is 16.9. The average molecular weight is 332 g/mol. The Morgan fingerprint density at radius 2 is 2.08 bits per heavy atom. The molecule has 1 aromatic rings. The third-order valence-electron chi connectivity index (χ3n) is 5.64. The Balaban J connectivity index is 1.47. The Bertz CT molecular complexity index is 548. The summed E-state index contributed by atoms with van der Waals surface area (Å²) >= 11 is 0. The van der Waals surface area contributed by atoms with Crippen LogP contribution in [0.1, 0.15) is 63.1 Å². The molecular formula is C19H32N4O. The first-order valence-electron chi connectivity index (χ1n) is 9.69. The van der Waals surface area contributed by atoms with E-state index >= 15 is 0 Å². The van der Waals surface area contributed by atoms with Crippen molar-refractivity contribution >= 4 is 5.91 Å². The molecule has 1 N–H and O–H groups in total. The van der Waals surface area contributed by atoms with Gasteiger partial charge in [0.1, 0.15) is 0 Å². The van der Waals surface area contributed by atoms with Crippen LogP contribution in [0.5, 0.6) is 0 Å².